The number of hydrogen-bond donors (Lipinski definition) is 1. The largest absolute Gasteiger partial charge is 0.381 e. The van der Waals surface area contributed by atoms with E-state index in [9.17, 15) is 9.59 Å². The lowest BCUT2D eigenvalue weighted by Crippen LogP contribution is -2.54. The minimum absolute atomic E-state index is 0.0173. The van der Waals surface area contributed by atoms with Crippen LogP contribution in [0.5, 0.6) is 0 Å². The standard InChI is InChI=1S/C21H25N3O3S/c1-3-17-14(2)28-20(22-17)23-18(25)12-21(8-10-27-11-9-21)24-13-15-6-4-5-7-16(15)19(24)26/h4-7H,3,8-13H2,1-2H3,(H,22,23,25). The van der Waals surface area contributed by atoms with E-state index in [1.807, 2.05) is 36.1 Å². The molecule has 2 aliphatic rings. The molecule has 4 rings (SSSR count). The first-order valence-corrected chi connectivity index (χ1v) is 10.6. The molecule has 148 valence electrons. The minimum atomic E-state index is -0.516. The quantitative estimate of drug-likeness (QED) is 0.835. The Morgan fingerprint density at radius 2 is 2.07 bits per heavy atom. The van der Waals surface area contributed by atoms with E-state index in [1.165, 1.54) is 11.3 Å². The first-order valence-electron chi connectivity index (χ1n) is 9.76. The second kappa shape index (κ2) is 7.64. The van der Waals surface area contributed by atoms with Gasteiger partial charge >= 0.3 is 0 Å². The molecule has 0 saturated carbocycles. The first kappa shape index (κ1) is 19.1. The summed E-state index contributed by atoms with van der Waals surface area (Å²) in [6.45, 7) is 5.75. The molecule has 2 amide bonds. The molecular weight excluding hydrogens is 374 g/mol. The molecule has 2 aromatic rings. The van der Waals surface area contributed by atoms with Crippen LogP contribution in [0.15, 0.2) is 24.3 Å². The van der Waals surface area contributed by atoms with Gasteiger partial charge in [-0.25, -0.2) is 4.98 Å². The Morgan fingerprint density at radius 1 is 1.32 bits per heavy atom. The summed E-state index contributed by atoms with van der Waals surface area (Å²) in [4.78, 5) is 33.5. The molecule has 7 heteroatoms. The van der Waals surface area contributed by atoms with Crippen molar-refractivity contribution in [2.75, 3.05) is 18.5 Å². The van der Waals surface area contributed by atoms with Gasteiger partial charge in [0.25, 0.3) is 5.91 Å². The monoisotopic (exact) mass is 399 g/mol. The molecular formula is C21H25N3O3S. The highest BCUT2D eigenvalue weighted by Gasteiger charge is 2.46. The SMILES string of the molecule is CCc1nc(NC(=O)CC2(N3Cc4ccccc4C3=O)CCOCC2)sc1C. The van der Waals surface area contributed by atoms with Crippen LogP contribution in [-0.2, 0) is 22.5 Å². The Bertz CT molecular complexity index is 902. The number of benzene rings is 1. The maximum atomic E-state index is 13.1. The van der Waals surface area contributed by atoms with E-state index >= 15 is 0 Å². The third-order valence-corrected chi connectivity index (χ3v) is 6.71. The maximum Gasteiger partial charge on any atom is 0.254 e. The molecule has 0 radical (unpaired) electrons. The van der Waals surface area contributed by atoms with Crippen molar-refractivity contribution in [2.24, 2.45) is 0 Å². The number of fused-ring (bicyclic) bond motifs is 1. The lowest BCUT2D eigenvalue weighted by Gasteiger charge is -2.44. The van der Waals surface area contributed by atoms with Gasteiger partial charge < -0.3 is 15.0 Å². The van der Waals surface area contributed by atoms with Crippen LogP contribution in [0.2, 0.25) is 0 Å². The number of aryl methyl sites for hydroxylation is 2. The van der Waals surface area contributed by atoms with Crippen LogP contribution in [0.3, 0.4) is 0 Å². The van der Waals surface area contributed by atoms with E-state index in [2.05, 4.69) is 17.2 Å². The number of rotatable bonds is 5. The van der Waals surface area contributed by atoms with Gasteiger partial charge in [0.2, 0.25) is 5.91 Å². The minimum Gasteiger partial charge on any atom is -0.381 e. The van der Waals surface area contributed by atoms with Gasteiger partial charge in [-0.15, -0.1) is 11.3 Å². The molecule has 3 heterocycles. The van der Waals surface area contributed by atoms with E-state index in [-0.39, 0.29) is 18.2 Å². The number of amides is 2. The van der Waals surface area contributed by atoms with Crippen LogP contribution in [0.1, 0.15) is 52.7 Å². The zero-order valence-electron chi connectivity index (χ0n) is 16.3. The van der Waals surface area contributed by atoms with E-state index in [1.54, 1.807) is 0 Å². The number of nitrogens with zero attached hydrogens (tertiary/aromatic N) is 2. The molecule has 1 saturated heterocycles. The van der Waals surface area contributed by atoms with Gasteiger partial charge in [0, 0.05) is 30.2 Å². The van der Waals surface area contributed by atoms with Crippen LogP contribution in [0.4, 0.5) is 5.13 Å². The number of anilines is 1. The van der Waals surface area contributed by atoms with Gasteiger partial charge in [-0.05, 0) is 37.8 Å². The van der Waals surface area contributed by atoms with Crippen molar-refractivity contribution in [3.05, 3.63) is 46.0 Å². The van der Waals surface area contributed by atoms with Gasteiger partial charge in [-0.2, -0.15) is 0 Å². The van der Waals surface area contributed by atoms with Crippen molar-refractivity contribution in [3.63, 3.8) is 0 Å². The second-order valence-corrected chi connectivity index (χ2v) is 8.69. The first-order chi connectivity index (χ1) is 13.5. The Labute approximate surface area is 168 Å². The lowest BCUT2D eigenvalue weighted by molar-refractivity contribution is -0.120. The highest BCUT2D eigenvalue weighted by molar-refractivity contribution is 7.15. The average molecular weight is 400 g/mol. The number of carbonyl (C=O) groups excluding carboxylic acids is 2. The fourth-order valence-electron chi connectivity index (χ4n) is 4.20. The number of thiazole rings is 1. The summed E-state index contributed by atoms with van der Waals surface area (Å²) in [5.74, 6) is -0.0780. The van der Waals surface area contributed by atoms with Crippen molar-refractivity contribution in [1.82, 2.24) is 9.88 Å². The molecule has 0 atom stereocenters. The van der Waals surface area contributed by atoms with Crippen LogP contribution >= 0.6 is 11.3 Å². The molecule has 1 N–H and O–H groups in total. The Hall–Kier alpha value is -2.25. The van der Waals surface area contributed by atoms with Crippen molar-refractivity contribution >= 4 is 28.3 Å². The summed E-state index contributed by atoms with van der Waals surface area (Å²) in [7, 11) is 0. The summed E-state index contributed by atoms with van der Waals surface area (Å²) >= 11 is 1.50. The fraction of sp³-hybridized carbons (Fsp3) is 0.476. The molecule has 6 nitrogen and oxygen atoms in total. The van der Waals surface area contributed by atoms with Crippen molar-refractivity contribution < 1.29 is 14.3 Å². The van der Waals surface area contributed by atoms with Crippen LogP contribution in [0, 0.1) is 6.92 Å². The van der Waals surface area contributed by atoms with Crippen LogP contribution in [-0.4, -0.2) is 40.5 Å². The summed E-state index contributed by atoms with van der Waals surface area (Å²) in [6.07, 6.45) is 2.44. The van der Waals surface area contributed by atoms with E-state index in [0.717, 1.165) is 28.1 Å². The Balaban J connectivity index is 1.54. The number of aromatic nitrogens is 1. The average Bonchev–Trinajstić information content (AvgIpc) is 3.22. The number of hydrogen-bond acceptors (Lipinski definition) is 5. The summed E-state index contributed by atoms with van der Waals surface area (Å²) in [6, 6.07) is 7.70. The molecule has 1 aromatic heterocycles. The third kappa shape index (κ3) is 3.44. The van der Waals surface area contributed by atoms with Crippen molar-refractivity contribution in [2.45, 2.75) is 51.6 Å². The van der Waals surface area contributed by atoms with Gasteiger partial charge in [-0.1, -0.05) is 25.1 Å². The Kier molecular flexibility index (Phi) is 5.21. The van der Waals surface area contributed by atoms with Gasteiger partial charge in [0.1, 0.15) is 0 Å². The normalized spacial score (nSPS) is 18.2. The molecule has 0 aliphatic carbocycles. The molecule has 2 aliphatic heterocycles. The summed E-state index contributed by atoms with van der Waals surface area (Å²) in [5.41, 5.74) is 2.28. The molecule has 1 aromatic carbocycles. The van der Waals surface area contributed by atoms with E-state index < -0.39 is 5.54 Å². The molecule has 0 bridgehead atoms. The highest BCUT2D eigenvalue weighted by Crippen LogP contribution is 2.38. The molecule has 28 heavy (non-hydrogen) atoms. The summed E-state index contributed by atoms with van der Waals surface area (Å²) < 4.78 is 5.55. The number of nitrogens with one attached hydrogen (secondary N) is 1. The van der Waals surface area contributed by atoms with Crippen LogP contribution < -0.4 is 5.32 Å². The van der Waals surface area contributed by atoms with Gasteiger partial charge in [0.05, 0.1) is 17.7 Å². The smallest absolute Gasteiger partial charge is 0.254 e. The van der Waals surface area contributed by atoms with Crippen LogP contribution in [0.25, 0.3) is 0 Å². The zero-order chi connectivity index (χ0) is 19.7. The molecule has 0 spiro atoms. The third-order valence-electron chi connectivity index (χ3n) is 5.78. The number of ether oxygens (including phenoxy) is 1. The van der Waals surface area contributed by atoms with Gasteiger partial charge in [0.15, 0.2) is 5.13 Å². The maximum absolute atomic E-state index is 13.1. The predicted octanol–water partition coefficient (Wildman–Crippen LogP) is 3.55. The van der Waals surface area contributed by atoms with Crippen molar-refractivity contribution in [1.29, 1.82) is 0 Å². The Morgan fingerprint density at radius 3 is 2.75 bits per heavy atom. The fourth-order valence-corrected chi connectivity index (χ4v) is 5.12. The highest BCUT2D eigenvalue weighted by atomic mass is 32.1. The molecule has 0 unspecified atom stereocenters. The lowest BCUT2D eigenvalue weighted by atomic mass is 9.84. The van der Waals surface area contributed by atoms with E-state index in [4.69, 9.17) is 4.74 Å². The molecule has 1 fully saturated rings. The second-order valence-electron chi connectivity index (χ2n) is 7.49. The topological polar surface area (TPSA) is 71.5 Å². The van der Waals surface area contributed by atoms with Crippen molar-refractivity contribution in [3.8, 4) is 0 Å². The van der Waals surface area contributed by atoms with Gasteiger partial charge in [-0.3, -0.25) is 9.59 Å². The summed E-state index contributed by atoms with van der Waals surface area (Å²) in [5, 5.41) is 3.60. The predicted molar refractivity (Wildman–Crippen MR) is 109 cm³/mol. The number of carbonyl (C=O) groups is 2. The van der Waals surface area contributed by atoms with E-state index in [0.29, 0.717) is 37.7 Å². The zero-order valence-corrected chi connectivity index (χ0v) is 17.1.